The van der Waals surface area contributed by atoms with Crippen LogP contribution in [0.2, 0.25) is 0 Å². The number of aliphatic hydroxyl groups is 1. The van der Waals surface area contributed by atoms with Crippen molar-refractivity contribution in [1.82, 2.24) is 0 Å². The number of hydrogen-bond acceptors (Lipinski definition) is 3. The first-order valence-corrected chi connectivity index (χ1v) is 5.74. The van der Waals surface area contributed by atoms with E-state index in [1.807, 2.05) is 6.92 Å². The lowest BCUT2D eigenvalue weighted by Crippen LogP contribution is -2.40. The number of nitrogens with two attached hydrogens (primary N) is 1. The Labute approximate surface area is 94.0 Å². The zero-order chi connectivity index (χ0) is 11.9. The van der Waals surface area contributed by atoms with E-state index in [9.17, 15) is 0 Å². The van der Waals surface area contributed by atoms with E-state index in [0.29, 0.717) is 5.41 Å². The summed E-state index contributed by atoms with van der Waals surface area (Å²) in [7, 11) is 0. The van der Waals surface area contributed by atoms with Gasteiger partial charge in [0.25, 0.3) is 0 Å². The van der Waals surface area contributed by atoms with Crippen LogP contribution in [0.25, 0.3) is 0 Å². The van der Waals surface area contributed by atoms with E-state index in [0.717, 1.165) is 32.5 Å². The van der Waals surface area contributed by atoms with Gasteiger partial charge < -0.3 is 15.6 Å². The van der Waals surface area contributed by atoms with Crippen LogP contribution in [0.5, 0.6) is 0 Å². The molecule has 0 heterocycles. The van der Waals surface area contributed by atoms with Crippen molar-refractivity contribution in [3.8, 4) is 0 Å². The molecule has 0 aliphatic heterocycles. The Morgan fingerprint density at radius 1 is 1.07 bits per heavy atom. The highest BCUT2D eigenvalue weighted by Crippen LogP contribution is 2.18. The number of ether oxygens (including phenoxy) is 1. The summed E-state index contributed by atoms with van der Waals surface area (Å²) < 4.78 is 5.51. The van der Waals surface area contributed by atoms with Gasteiger partial charge in [0.15, 0.2) is 0 Å². The van der Waals surface area contributed by atoms with Gasteiger partial charge in [0.05, 0.1) is 6.61 Å². The van der Waals surface area contributed by atoms with Crippen LogP contribution in [0.1, 0.15) is 47.0 Å². The Hall–Kier alpha value is -0.120. The van der Waals surface area contributed by atoms with Crippen molar-refractivity contribution in [3.63, 3.8) is 0 Å². The van der Waals surface area contributed by atoms with Crippen molar-refractivity contribution < 1.29 is 9.84 Å². The van der Waals surface area contributed by atoms with Crippen LogP contribution in [0, 0.1) is 5.41 Å². The molecule has 1 atom stereocenters. The standard InChI is InChI=1S/C12H27NO2/c1-11(2,3)7-9-15-8-5-6-12(4,13)10-14/h14H,5-10,13H2,1-4H3. The topological polar surface area (TPSA) is 55.5 Å². The van der Waals surface area contributed by atoms with E-state index in [4.69, 9.17) is 15.6 Å². The summed E-state index contributed by atoms with van der Waals surface area (Å²) in [6, 6.07) is 0. The van der Waals surface area contributed by atoms with Gasteiger partial charge in [0.2, 0.25) is 0 Å². The van der Waals surface area contributed by atoms with Crippen LogP contribution in [-0.2, 0) is 4.74 Å². The van der Waals surface area contributed by atoms with E-state index in [1.165, 1.54) is 0 Å². The van der Waals surface area contributed by atoms with Gasteiger partial charge in [-0.1, -0.05) is 20.8 Å². The van der Waals surface area contributed by atoms with Gasteiger partial charge in [-0.2, -0.15) is 0 Å². The molecule has 0 aromatic rings. The second-order valence-corrected chi connectivity index (χ2v) is 5.84. The lowest BCUT2D eigenvalue weighted by Gasteiger charge is -2.21. The first-order chi connectivity index (χ1) is 6.77. The fraction of sp³-hybridized carbons (Fsp3) is 1.00. The third-order valence-electron chi connectivity index (χ3n) is 2.39. The summed E-state index contributed by atoms with van der Waals surface area (Å²) in [5.41, 5.74) is 5.68. The van der Waals surface area contributed by atoms with Crippen molar-refractivity contribution >= 4 is 0 Å². The van der Waals surface area contributed by atoms with Gasteiger partial charge in [0.1, 0.15) is 0 Å². The second-order valence-electron chi connectivity index (χ2n) is 5.84. The molecule has 0 aliphatic rings. The van der Waals surface area contributed by atoms with E-state index in [1.54, 1.807) is 0 Å². The maximum Gasteiger partial charge on any atom is 0.0608 e. The summed E-state index contributed by atoms with van der Waals surface area (Å²) in [6.07, 6.45) is 2.80. The van der Waals surface area contributed by atoms with E-state index in [2.05, 4.69) is 20.8 Å². The Morgan fingerprint density at radius 3 is 2.13 bits per heavy atom. The summed E-state index contributed by atoms with van der Waals surface area (Å²) >= 11 is 0. The predicted octanol–water partition coefficient (Wildman–Crippen LogP) is 1.93. The molecule has 0 fully saturated rings. The summed E-state index contributed by atoms with van der Waals surface area (Å²) in [6.45, 7) is 10.1. The molecule has 0 aromatic carbocycles. The second kappa shape index (κ2) is 6.46. The molecule has 0 aromatic heterocycles. The normalized spacial score (nSPS) is 16.4. The van der Waals surface area contributed by atoms with Crippen molar-refractivity contribution in [3.05, 3.63) is 0 Å². The van der Waals surface area contributed by atoms with Crippen LogP contribution < -0.4 is 5.73 Å². The van der Waals surface area contributed by atoms with E-state index < -0.39 is 5.54 Å². The molecule has 0 rings (SSSR count). The Bertz CT molecular complexity index is 161. The van der Waals surface area contributed by atoms with Crippen LogP contribution >= 0.6 is 0 Å². The van der Waals surface area contributed by atoms with Gasteiger partial charge in [-0.3, -0.25) is 0 Å². The largest absolute Gasteiger partial charge is 0.394 e. The van der Waals surface area contributed by atoms with Crippen LogP contribution in [-0.4, -0.2) is 30.5 Å². The minimum absolute atomic E-state index is 0.0367. The summed E-state index contributed by atoms with van der Waals surface area (Å²) in [5.74, 6) is 0. The van der Waals surface area contributed by atoms with Crippen LogP contribution in [0.4, 0.5) is 0 Å². The maximum absolute atomic E-state index is 8.94. The highest BCUT2D eigenvalue weighted by atomic mass is 16.5. The fourth-order valence-corrected chi connectivity index (χ4v) is 1.14. The molecule has 0 saturated carbocycles. The van der Waals surface area contributed by atoms with Crippen molar-refractivity contribution in [2.75, 3.05) is 19.8 Å². The molecule has 0 amide bonds. The lowest BCUT2D eigenvalue weighted by molar-refractivity contribution is 0.0973. The zero-order valence-electron chi connectivity index (χ0n) is 10.7. The minimum Gasteiger partial charge on any atom is -0.394 e. The maximum atomic E-state index is 8.94. The fourth-order valence-electron chi connectivity index (χ4n) is 1.14. The zero-order valence-corrected chi connectivity index (χ0v) is 10.7. The van der Waals surface area contributed by atoms with Crippen LogP contribution in [0.3, 0.4) is 0 Å². The van der Waals surface area contributed by atoms with Crippen molar-refractivity contribution in [1.29, 1.82) is 0 Å². The predicted molar refractivity (Wildman–Crippen MR) is 63.8 cm³/mol. The average Bonchev–Trinajstić information content (AvgIpc) is 2.09. The van der Waals surface area contributed by atoms with Gasteiger partial charge in [-0.05, 0) is 31.6 Å². The third-order valence-corrected chi connectivity index (χ3v) is 2.39. The van der Waals surface area contributed by atoms with E-state index in [-0.39, 0.29) is 6.61 Å². The molecule has 0 radical (unpaired) electrons. The SMILES string of the molecule is CC(C)(C)CCOCCCC(C)(N)CO. The number of aliphatic hydroxyl groups excluding tert-OH is 1. The first kappa shape index (κ1) is 14.9. The molecular formula is C12H27NO2. The molecule has 1 unspecified atom stereocenters. The Morgan fingerprint density at radius 2 is 1.67 bits per heavy atom. The molecule has 3 nitrogen and oxygen atoms in total. The molecule has 0 spiro atoms. The summed E-state index contributed by atoms with van der Waals surface area (Å²) in [4.78, 5) is 0. The molecule has 0 bridgehead atoms. The lowest BCUT2D eigenvalue weighted by atomic mass is 9.93. The Balaban J connectivity index is 3.33. The van der Waals surface area contributed by atoms with Gasteiger partial charge >= 0.3 is 0 Å². The van der Waals surface area contributed by atoms with Crippen molar-refractivity contribution in [2.45, 2.75) is 52.5 Å². The number of rotatable bonds is 7. The van der Waals surface area contributed by atoms with E-state index >= 15 is 0 Å². The van der Waals surface area contributed by atoms with Crippen molar-refractivity contribution in [2.24, 2.45) is 11.1 Å². The third kappa shape index (κ3) is 10.2. The molecular weight excluding hydrogens is 190 g/mol. The quantitative estimate of drug-likeness (QED) is 0.641. The van der Waals surface area contributed by atoms with Gasteiger partial charge in [-0.25, -0.2) is 0 Å². The monoisotopic (exact) mass is 217 g/mol. The minimum atomic E-state index is -0.451. The number of hydrogen-bond donors (Lipinski definition) is 2. The highest BCUT2D eigenvalue weighted by molar-refractivity contribution is 4.76. The molecule has 3 heteroatoms. The molecule has 0 saturated heterocycles. The smallest absolute Gasteiger partial charge is 0.0608 e. The molecule has 15 heavy (non-hydrogen) atoms. The first-order valence-electron chi connectivity index (χ1n) is 5.74. The molecule has 3 N–H and O–H groups in total. The summed E-state index contributed by atoms with van der Waals surface area (Å²) in [5, 5.41) is 8.94. The average molecular weight is 217 g/mol. The molecule has 92 valence electrons. The van der Waals surface area contributed by atoms with Gasteiger partial charge in [-0.15, -0.1) is 0 Å². The Kier molecular flexibility index (Phi) is 6.41. The highest BCUT2D eigenvalue weighted by Gasteiger charge is 2.16. The molecule has 0 aliphatic carbocycles. The van der Waals surface area contributed by atoms with Crippen LogP contribution in [0.15, 0.2) is 0 Å². The van der Waals surface area contributed by atoms with Gasteiger partial charge in [0, 0.05) is 18.8 Å².